The predicted molar refractivity (Wildman–Crippen MR) is 174 cm³/mol. The van der Waals surface area contributed by atoms with E-state index in [1.165, 1.54) is 11.1 Å². The van der Waals surface area contributed by atoms with Crippen LogP contribution >= 0.6 is 0 Å². The van der Waals surface area contributed by atoms with Gasteiger partial charge in [0.25, 0.3) is 0 Å². The van der Waals surface area contributed by atoms with Crippen LogP contribution < -0.4 is 18.9 Å². The molecule has 0 saturated carbocycles. The average Bonchev–Trinajstić information content (AvgIpc) is 3.33. The van der Waals surface area contributed by atoms with Crippen molar-refractivity contribution in [2.45, 2.75) is 94.3 Å². The maximum atomic E-state index is 13.5. The van der Waals surface area contributed by atoms with Crippen LogP contribution in [0, 0.1) is 13.8 Å². The van der Waals surface area contributed by atoms with Crippen LogP contribution in [-0.2, 0) is 35.9 Å². The molecule has 8 nitrogen and oxygen atoms in total. The van der Waals surface area contributed by atoms with Crippen LogP contribution in [0.2, 0.25) is 0 Å². The molecule has 45 heavy (non-hydrogen) atoms. The lowest BCUT2D eigenvalue weighted by Gasteiger charge is -2.31. The summed E-state index contributed by atoms with van der Waals surface area (Å²) in [6.45, 7) is 15.3. The fourth-order valence-corrected chi connectivity index (χ4v) is 10.8. The third-order valence-corrected chi connectivity index (χ3v) is 14.0. The summed E-state index contributed by atoms with van der Waals surface area (Å²) in [7, 11) is -4.33. The molecule has 2 aliphatic carbocycles. The SMILES string of the molecule is CCS(=O)(=O)c1c(C)c(C)c(S(=O)(=O)CC)c2c1Oc1cc3c(cc1O2)C1(CC(C)(C)c2cc(OC)c(OC)cc21)CC3(C)C. The normalized spacial score (nSPS) is 20.5. The Morgan fingerprint density at radius 1 is 0.644 bits per heavy atom. The molecule has 1 heterocycles. The van der Waals surface area contributed by atoms with E-state index in [0.29, 0.717) is 34.1 Å². The number of methoxy groups -OCH3 is 2. The minimum atomic E-state index is -3.81. The first-order valence-corrected chi connectivity index (χ1v) is 18.6. The van der Waals surface area contributed by atoms with E-state index in [1.54, 1.807) is 41.9 Å². The van der Waals surface area contributed by atoms with Gasteiger partial charge in [-0.2, -0.15) is 0 Å². The van der Waals surface area contributed by atoms with Gasteiger partial charge in [-0.3, -0.25) is 0 Å². The van der Waals surface area contributed by atoms with Crippen LogP contribution in [0.25, 0.3) is 0 Å². The lowest BCUT2D eigenvalue weighted by atomic mass is 9.72. The highest BCUT2D eigenvalue weighted by Gasteiger charge is 2.57. The summed E-state index contributed by atoms with van der Waals surface area (Å²) >= 11 is 0. The van der Waals surface area contributed by atoms with Crippen molar-refractivity contribution in [3.05, 3.63) is 57.6 Å². The van der Waals surface area contributed by atoms with Gasteiger partial charge in [0.05, 0.1) is 25.7 Å². The van der Waals surface area contributed by atoms with E-state index in [4.69, 9.17) is 18.9 Å². The van der Waals surface area contributed by atoms with Crippen molar-refractivity contribution >= 4 is 19.7 Å². The highest BCUT2D eigenvalue weighted by molar-refractivity contribution is 7.92. The second-order valence-electron chi connectivity index (χ2n) is 13.9. The summed E-state index contributed by atoms with van der Waals surface area (Å²) in [6, 6.07) is 8.13. The molecular weight excluding hydrogens is 613 g/mol. The minimum absolute atomic E-state index is 0.0260. The van der Waals surface area contributed by atoms with E-state index in [0.717, 1.165) is 24.0 Å². The Balaban J connectivity index is 1.63. The third-order valence-electron chi connectivity index (χ3n) is 10.3. The van der Waals surface area contributed by atoms with Crippen LogP contribution in [0.1, 0.15) is 87.8 Å². The second-order valence-corrected chi connectivity index (χ2v) is 18.3. The molecule has 1 spiro atoms. The molecule has 0 aromatic heterocycles. The van der Waals surface area contributed by atoms with Gasteiger partial charge in [0, 0.05) is 5.41 Å². The molecule has 10 heteroatoms. The lowest BCUT2D eigenvalue weighted by molar-refractivity contribution is 0.340. The Morgan fingerprint density at radius 3 is 1.40 bits per heavy atom. The predicted octanol–water partition coefficient (Wildman–Crippen LogP) is 7.45. The monoisotopic (exact) mass is 654 g/mol. The Hall–Kier alpha value is -3.24. The number of hydrogen-bond acceptors (Lipinski definition) is 8. The van der Waals surface area contributed by atoms with Crippen LogP contribution in [0.15, 0.2) is 34.1 Å². The van der Waals surface area contributed by atoms with Gasteiger partial charge < -0.3 is 18.9 Å². The first kappa shape index (κ1) is 31.7. The maximum Gasteiger partial charge on any atom is 0.190 e. The first-order valence-electron chi connectivity index (χ1n) is 15.3. The molecule has 0 fully saturated rings. The van der Waals surface area contributed by atoms with Gasteiger partial charge in [-0.05, 0) is 95.2 Å². The highest BCUT2D eigenvalue weighted by atomic mass is 32.2. The van der Waals surface area contributed by atoms with Crippen LogP contribution in [0.5, 0.6) is 34.5 Å². The number of hydrogen-bond donors (Lipinski definition) is 0. The molecule has 3 aromatic rings. The lowest BCUT2D eigenvalue weighted by Crippen LogP contribution is -2.27. The second kappa shape index (κ2) is 9.88. The molecule has 3 aliphatic rings. The van der Waals surface area contributed by atoms with E-state index in [1.807, 2.05) is 12.1 Å². The fraction of sp³-hybridized carbons (Fsp3) is 0.486. The molecule has 0 radical (unpaired) electrons. The highest BCUT2D eigenvalue weighted by Crippen LogP contribution is 2.66. The van der Waals surface area contributed by atoms with Crippen molar-refractivity contribution < 1.29 is 35.8 Å². The molecule has 1 aliphatic heterocycles. The zero-order valence-electron chi connectivity index (χ0n) is 27.7. The van der Waals surface area contributed by atoms with Gasteiger partial charge in [-0.1, -0.05) is 41.5 Å². The van der Waals surface area contributed by atoms with Crippen molar-refractivity contribution in [3.8, 4) is 34.5 Å². The summed E-state index contributed by atoms with van der Waals surface area (Å²) < 4.78 is 78.2. The molecule has 1 unspecified atom stereocenters. The Morgan fingerprint density at radius 2 is 1.00 bits per heavy atom. The Kier molecular flexibility index (Phi) is 6.97. The summed E-state index contributed by atoms with van der Waals surface area (Å²) in [5, 5.41) is 0. The van der Waals surface area contributed by atoms with Crippen molar-refractivity contribution in [3.63, 3.8) is 0 Å². The molecule has 0 bridgehead atoms. The Labute approximate surface area is 266 Å². The summed E-state index contributed by atoms with van der Waals surface area (Å²) in [6.07, 6.45) is 1.66. The van der Waals surface area contributed by atoms with Crippen molar-refractivity contribution in [1.82, 2.24) is 0 Å². The Bertz CT molecular complexity index is 2010. The third kappa shape index (κ3) is 4.34. The number of fused-ring (bicyclic) bond motifs is 6. The molecule has 6 rings (SSSR count). The molecule has 3 aromatic carbocycles. The number of rotatable bonds is 6. The maximum absolute atomic E-state index is 13.5. The van der Waals surface area contributed by atoms with Crippen LogP contribution in [0.3, 0.4) is 0 Å². The van der Waals surface area contributed by atoms with Gasteiger partial charge in [-0.25, -0.2) is 16.8 Å². The van der Waals surface area contributed by atoms with Gasteiger partial charge in [0.15, 0.2) is 54.2 Å². The molecule has 0 saturated heterocycles. The van der Waals surface area contributed by atoms with E-state index in [9.17, 15) is 16.8 Å². The van der Waals surface area contributed by atoms with Crippen molar-refractivity contribution in [2.24, 2.45) is 0 Å². The minimum Gasteiger partial charge on any atom is -0.493 e. The topological polar surface area (TPSA) is 105 Å². The largest absolute Gasteiger partial charge is 0.493 e. The van der Waals surface area contributed by atoms with Gasteiger partial charge in [0.2, 0.25) is 0 Å². The van der Waals surface area contributed by atoms with Gasteiger partial charge in [0.1, 0.15) is 9.79 Å². The van der Waals surface area contributed by atoms with Crippen molar-refractivity contribution in [2.75, 3.05) is 25.7 Å². The smallest absolute Gasteiger partial charge is 0.190 e. The quantitative estimate of drug-likeness (QED) is 0.211. The average molecular weight is 655 g/mol. The fourth-order valence-electron chi connectivity index (χ4n) is 8.13. The molecule has 1 atom stereocenters. The summed E-state index contributed by atoms with van der Waals surface area (Å²) in [4.78, 5) is -0.0557. The van der Waals surface area contributed by atoms with E-state index in [2.05, 4.69) is 39.8 Å². The van der Waals surface area contributed by atoms with Gasteiger partial charge >= 0.3 is 0 Å². The number of sulfone groups is 2. The number of ether oxygens (including phenoxy) is 4. The summed E-state index contributed by atoms with van der Waals surface area (Å²) in [5.74, 6) is 1.61. The molecular formula is C35H42O8S2. The molecule has 0 amide bonds. The van der Waals surface area contributed by atoms with Crippen LogP contribution in [-0.4, -0.2) is 42.6 Å². The van der Waals surface area contributed by atoms with Crippen LogP contribution in [0.4, 0.5) is 0 Å². The zero-order valence-corrected chi connectivity index (χ0v) is 29.4. The number of benzene rings is 3. The van der Waals surface area contributed by atoms with E-state index >= 15 is 0 Å². The molecule has 242 valence electrons. The zero-order chi connectivity index (χ0) is 33.1. The van der Waals surface area contributed by atoms with E-state index < -0.39 is 19.7 Å². The van der Waals surface area contributed by atoms with Crippen molar-refractivity contribution in [1.29, 1.82) is 0 Å². The molecule has 0 N–H and O–H groups in total. The standard InChI is InChI=1S/C35H42O8S2/c1-11-44(36,37)31-19(3)20(4)32(45(38,39)12-2)30-29(31)42-27-14-22-24(16-28(27)43-30)35(18-34(22,7)8)17-33(5,6)21-13-25(40-9)26(41-10)15-23(21)35/h13-16H,11-12,17-18H2,1-10H3. The first-order chi connectivity index (χ1) is 20.9. The summed E-state index contributed by atoms with van der Waals surface area (Å²) in [5.41, 5.74) is 4.41. The van der Waals surface area contributed by atoms with Gasteiger partial charge in [-0.15, -0.1) is 0 Å². The van der Waals surface area contributed by atoms with E-state index in [-0.39, 0.29) is 49.0 Å².